The Kier molecular flexibility index (Phi) is 9.80. The number of nitrogens with zero attached hydrogens (tertiary/aromatic N) is 5. The minimum Gasteiger partial charge on any atom is -0.360 e. The maximum absolute atomic E-state index is 11.6. The van der Waals surface area contributed by atoms with Crippen LogP contribution in [-0.2, 0) is 24.9 Å². The molecule has 2 N–H and O–H groups in total. The van der Waals surface area contributed by atoms with Crippen LogP contribution in [0.5, 0.6) is 0 Å². The summed E-state index contributed by atoms with van der Waals surface area (Å²) in [5.41, 5.74) is 4.57. The van der Waals surface area contributed by atoms with E-state index in [2.05, 4.69) is 83.8 Å². The van der Waals surface area contributed by atoms with E-state index in [0.717, 1.165) is 42.5 Å². The Labute approximate surface area is 208 Å². The molecule has 3 rings (SSSR count). The normalized spacial score (nSPS) is 14.2. The number of carbonyl (C=O) groups is 1. The first-order valence-corrected chi connectivity index (χ1v) is 11.0. The van der Waals surface area contributed by atoms with E-state index in [4.69, 9.17) is 4.99 Å². The monoisotopic (exact) mass is 553 g/mol. The standard InChI is InChI=1S/C23H35N7O.HI/c1-6-24-23(28(4)14-19-15-29(5)27-22(19)17(2)3)26-13-18-7-9-20(10-8-18)30-12-11-25-21(31)16-30;/h7-10,15,17H,6,11-14,16H2,1-5H3,(H,24,26)(H,25,31);1H. The number of aromatic nitrogens is 2. The van der Waals surface area contributed by atoms with Crippen molar-refractivity contribution in [1.29, 1.82) is 0 Å². The van der Waals surface area contributed by atoms with Crippen LogP contribution in [0.25, 0.3) is 0 Å². The van der Waals surface area contributed by atoms with E-state index in [1.807, 2.05) is 11.7 Å². The molecule has 2 aromatic rings. The number of hydrogen-bond acceptors (Lipinski definition) is 4. The van der Waals surface area contributed by atoms with Gasteiger partial charge >= 0.3 is 0 Å². The molecule has 32 heavy (non-hydrogen) atoms. The Morgan fingerprint density at radius 3 is 2.66 bits per heavy atom. The number of carbonyl (C=O) groups excluding carboxylic acids is 1. The molecule has 1 aromatic heterocycles. The van der Waals surface area contributed by atoms with E-state index in [1.54, 1.807) is 0 Å². The summed E-state index contributed by atoms with van der Waals surface area (Å²) in [5.74, 6) is 1.33. The first kappa shape index (κ1) is 26.0. The van der Waals surface area contributed by atoms with Gasteiger partial charge in [-0.15, -0.1) is 24.0 Å². The van der Waals surface area contributed by atoms with Crippen molar-refractivity contribution in [3.63, 3.8) is 0 Å². The summed E-state index contributed by atoms with van der Waals surface area (Å²) in [7, 11) is 4.03. The van der Waals surface area contributed by atoms with Crippen molar-refractivity contribution in [3.05, 3.63) is 47.3 Å². The van der Waals surface area contributed by atoms with Gasteiger partial charge in [0, 0.05) is 57.7 Å². The highest BCUT2D eigenvalue weighted by Gasteiger charge is 2.17. The number of benzene rings is 1. The lowest BCUT2D eigenvalue weighted by molar-refractivity contribution is -0.120. The molecule has 1 fully saturated rings. The molecule has 176 valence electrons. The molecule has 1 saturated heterocycles. The molecule has 9 heteroatoms. The Balaban J connectivity index is 0.00000363. The number of hydrogen-bond donors (Lipinski definition) is 2. The third kappa shape index (κ3) is 6.85. The van der Waals surface area contributed by atoms with Gasteiger partial charge in [0.25, 0.3) is 0 Å². The highest BCUT2D eigenvalue weighted by molar-refractivity contribution is 14.0. The molecule has 0 atom stereocenters. The molecule has 2 heterocycles. The Morgan fingerprint density at radius 1 is 1.31 bits per heavy atom. The zero-order valence-corrected chi connectivity index (χ0v) is 22.1. The van der Waals surface area contributed by atoms with E-state index in [0.29, 0.717) is 25.6 Å². The average Bonchev–Trinajstić information content (AvgIpc) is 3.11. The first-order valence-electron chi connectivity index (χ1n) is 11.0. The van der Waals surface area contributed by atoms with E-state index < -0.39 is 0 Å². The van der Waals surface area contributed by atoms with Gasteiger partial charge in [-0.25, -0.2) is 4.99 Å². The number of nitrogens with one attached hydrogen (secondary N) is 2. The fourth-order valence-corrected chi connectivity index (χ4v) is 3.80. The average molecular weight is 553 g/mol. The number of anilines is 1. The van der Waals surface area contributed by atoms with Gasteiger partial charge in [0.15, 0.2) is 5.96 Å². The molecule has 0 aliphatic carbocycles. The molecule has 0 spiro atoms. The molecule has 0 radical (unpaired) electrons. The van der Waals surface area contributed by atoms with Crippen molar-refractivity contribution in [2.24, 2.45) is 12.0 Å². The maximum Gasteiger partial charge on any atom is 0.239 e. The highest BCUT2D eigenvalue weighted by atomic mass is 127. The maximum atomic E-state index is 11.6. The SMILES string of the molecule is CCNC(=NCc1ccc(N2CCNC(=O)C2)cc1)N(C)Cc1cn(C)nc1C(C)C.I. The van der Waals surface area contributed by atoms with Crippen molar-refractivity contribution in [1.82, 2.24) is 25.3 Å². The largest absolute Gasteiger partial charge is 0.360 e. The van der Waals surface area contributed by atoms with E-state index in [-0.39, 0.29) is 29.9 Å². The fourth-order valence-electron chi connectivity index (χ4n) is 3.80. The number of guanidine groups is 1. The smallest absolute Gasteiger partial charge is 0.239 e. The predicted molar refractivity (Wildman–Crippen MR) is 141 cm³/mol. The van der Waals surface area contributed by atoms with Gasteiger partial charge in [0.1, 0.15) is 0 Å². The number of amides is 1. The van der Waals surface area contributed by atoms with Crippen LogP contribution in [0.4, 0.5) is 5.69 Å². The lowest BCUT2D eigenvalue weighted by Gasteiger charge is -2.28. The van der Waals surface area contributed by atoms with Crippen LogP contribution >= 0.6 is 24.0 Å². The second kappa shape index (κ2) is 12.1. The van der Waals surface area contributed by atoms with Crippen LogP contribution < -0.4 is 15.5 Å². The van der Waals surface area contributed by atoms with Gasteiger partial charge in [-0.2, -0.15) is 5.10 Å². The summed E-state index contributed by atoms with van der Waals surface area (Å²) in [5, 5.41) is 10.9. The summed E-state index contributed by atoms with van der Waals surface area (Å²) < 4.78 is 1.89. The van der Waals surface area contributed by atoms with Gasteiger partial charge in [-0.3, -0.25) is 9.48 Å². The number of aliphatic imine (C=N–C) groups is 1. The van der Waals surface area contributed by atoms with Crippen LogP contribution in [0.15, 0.2) is 35.5 Å². The van der Waals surface area contributed by atoms with Gasteiger partial charge in [-0.1, -0.05) is 26.0 Å². The molecule has 0 bridgehead atoms. The molecular weight excluding hydrogens is 517 g/mol. The number of aryl methyl sites for hydroxylation is 1. The van der Waals surface area contributed by atoms with E-state index in [1.165, 1.54) is 5.56 Å². The van der Waals surface area contributed by atoms with Crippen LogP contribution in [0.3, 0.4) is 0 Å². The van der Waals surface area contributed by atoms with Crippen molar-refractivity contribution in [3.8, 4) is 0 Å². The summed E-state index contributed by atoms with van der Waals surface area (Å²) in [6.07, 6.45) is 2.09. The van der Waals surface area contributed by atoms with Crippen molar-refractivity contribution < 1.29 is 4.79 Å². The Morgan fingerprint density at radius 2 is 2.03 bits per heavy atom. The summed E-state index contributed by atoms with van der Waals surface area (Å²) >= 11 is 0. The second-order valence-electron chi connectivity index (χ2n) is 8.33. The molecule has 0 unspecified atom stereocenters. The first-order chi connectivity index (χ1) is 14.9. The number of rotatable bonds is 7. The fraction of sp³-hybridized carbons (Fsp3) is 0.522. The van der Waals surface area contributed by atoms with Crippen molar-refractivity contribution in [2.75, 3.05) is 38.1 Å². The lowest BCUT2D eigenvalue weighted by atomic mass is 10.1. The zero-order chi connectivity index (χ0) is 22.4. The topological polar surface area (TPSA) is 77.8 Å². The summed E-state index contributed by atoms with van der Waals surface area (Å²) in [6.45, 7) is 10.5. The Hall–Kier alpha value is -2.30. The zero-order valence-electron chi connectivity index (χ0n) is 19.8. The van der Waals surface area contributed by atoms with Crippen LogP contribution in [-0.4, -0.2) is 59.8 Å². The van der Waals surface area contributed by atoms with Crippen LogP contribution in [0, 0.1) is 0 Å². The van der Waals surface area contributed by atoms with Gasteiger partial charge in [0.2, 0.25) is 5.91 Å². The van der Waals surface area contributed by atoms with Crippen molar-refractivity contribution in [2.45, 2.75) is 39.8 Å². The molecule has 1 aliphatic heterocycles. The van der Waals surface area contributed by atoms with Crippen LogP contribution in [0.1, 0.15) is 43.5 Å². The molecule has 1 amide bonds. The molecule has 1 aliphatic rings. The van der Waals surface area contributed by atoms with Crippen LogP contribution in [0.2, 0.25) is 0 Å². The quantitative estimate of drug-likeness (QED) is 0.313. The minimum atomic E-state index is 0. The van der Waals surface area contributed by atoms with E-state index in [9.17, 15) is 4.79 Å². The second-order valence-corrected chi connectivity index (χ2v) is 8.33. The predicted octanol–water partition coefficient (Wildman–Crippen LogP) is 2.70. The third-order valence-electron chi connectivity index (χ3n) is 5.34. The highest BCUT2D eigenvalue weighted by Crippen LogP contribution is 2.19. The van der Waals surface area contributed by atoms with Gasteiger partial charge < -0.3 is 20.4 Å². The third-order valence-corrected chi connectivity index (χ3v) is 5.34. The molecule has 1 aromatic carbocycles. The Bertz CT molecular complexity index is 908. The summed E-state index contributed by atoms with van der Waals surface area (Å²) in [4.78, 5) is 20.7. The number of halogens is 1. The summed E-state index contributed by atoms with van der Waals surface area (Å²) in [6, 6.07) is 8.33. The van der Waals surface area contributed by atoms with Gasteiger partial charge in [0.05, 0.1) is 18.8 Å². The molecule has 8 nitrogen and oxygen atoms in total. The van der Waals surface area contributed by atoms with Gasteiger partial charge in [-0.05, 0) is 30.5 Å². The minimum absolute atomic E-state index is 0. The molecular formula is C23H36IN7O. The lowest BCUT2D eigenvalue weighted by Crippen LogP contribution is -2.47. The molecule has 0 saturated carbocycles. The number of piperazine rings is 1. The van der Waals surface area contributed by atoms with E-state index >= 15 is 0 Å². The van der Waals surface area contributed by atoms with Crippen molar-refractivity contribution >= 4 is 41.5 Å².